The summed E-state index contributed by atoms with van der Waals surface area (Å²) in [7, 11) is 1.56. The number of nitrogen functional groups attached to an aromatic ring is 1. The molecular weight excluding hydrogens is 244 g/mol. The van der Waals surface area contributed by atoms with Crippen molar-refractivity contribution in [1.29, 1.82) is 5.41 Å². The van der Waals surface area contributed by atoms with Crippen LogP contribution in [0, 0.1) is 5.41 Å². The van der Waals surface area contributed by atoms with E-state index in [9.17, 15) is 0 Å². The fourth-order valence-electron chi connectivity index (χ4n) is 2.14. The lowest BCUT2D eigenvalue weighted by Crippen LogP contribution is -2.15. The summed E-state index contributed by atoms with van der Waals surface area (Å²) in [5, 5.41) is 7.53. The molecule has 2 rings (SSSR count). The van der Waals surface area contributed by atoms with Gasteiger partial charge in [0, 0.05) is 6.61 Å². The van der Waals surface area contributed by atoms with E-state index in [0.717, 1.165) is 25.0 Å². The van der Waals surface area contributed by atoms with Gasteiger partial charge in [0.1, 0.15) is 11.6 Å². The van der Waals surface area contributed by atoms with E-state index in [1.165, 1.54) is 0 Å². The van der Waals surface area contributed by atoms with Gasteiger partial charge in [0.25, 0.3) is 0 Å². The van der Waals surface area contributed by atoms with Crippen LogP contribution in [0.15, 0.2) is 18.2 Å². The van der Waals surface area contributed by atoms with Gasteiger partial charge in [-0.05, 0) is 30.5 Å². The number of ether oxygens (including phenoxy) is 3. The molecule has 1 fully saturated rings. The van der Waals surface area contributed by atoms with E-state index in [1.807, 2.05) is 18.2 Å². The lowest BCUT2D eigenvalue weighted by molar-refractivity contribution is 0.0106. The summed E-state index contributed by atoms with van der Waals surface area (Å²) in [4.78, 5) is 0. The van der Waals surface area contributed by atoms with Gasteiger partial charge in [-0.3, -0.25) is 5.41 Å². The zero-order valence-corrected chi connectivity index (χ0v) is 11.1. The fourth-order valence-corrected chi connectivity index (χ4v) is 2.14. The first kappa shape index (κ1) is 13.8. The minimum Gasteiger partial charge on any atom is -0.496 e. The largest absolute Gasteiger partial charge is 0.496 e. The highest BCUT2D eigenvalue weighted by Crippen LogP contribution is 2.20. The van der Waals surface area contributed by atoms with Crippen LogP contribution >= 0.6 is 0 Å². The van der Waals surface area contributed by atoms with Crippen LogP contribution in [-0.4, -0.2) is 32.3 Å². The SMILES string of the molecule is COc1ccc(COCC2CCCO2)cc1C(=N)N. The number of hydrogen-bond donors (Lipinski definition) is 2. The van der Waals surface area contributed by atoms with Crippen LogP contribution in [0.2, 0.25) is 0 Å². The van der Waals surface area contributed by atoms with Crippen molar-refractivity contribution in [3.05, 3.63) is 29.3 Å². The summed E-state index contributed by atoms with van der Waals surface area (Å²) in [5.41, 5.74) is 7.10. The third-order valence-electron chi connectivity index (χ3n) is 3.15. The molecule has 19 heavy (non-hydrogen) atoms. The van der Waals surface area contributed by atoms with E-state index >= 15 is 0 Å². The molecule has 1 aromatic carbocycles. The maximum Gasteiger partial charge on any atom is 0.129 e. The summed E-state index contributed by atoms with van der Waals surface area (Å²) < 4.78 is 16.3. The molecule has 104 valence electrons. The molecule has 0 aliphatic carbocycles. The van der Waals surface area contributed by atoms with Gasteiger partial charge in [-0.1, -0.05) is 6.07 Å². The first-order valence-corrected chi connectivity index (χ1v) is 6.41. The fraction of sp³-hybridized carbons (Fsp3) is 0.500. The minimum absolute atomic E-state index is 0.00201. The Hall–Kier alpha value is -1.59. The lowest BCUT2D eigenvalue weighted by atomic mass is 10.1. The summed E-state index contributed by atoms with van der Waals surface area (Å²) in [5.74, 6) is 0.605. The highest BCUT2D eigenvalue weighted by atomic mass is 16.5. The molecule has 0 saturated carbocycles. The van der Waals surface area contributed by atoms with Crippen LogP contribution in [0.3, 0.4) is 0 Å². The Morgan fingerprint density at radius 2 is 2.37 bits per heavy atom. The van der Waals surface area contributed by atoms with Crippen molar-refractivity contribution >= 4 is 5.84 Å². The number of benzene rings is 1. The predicted molar refractivity (Wildman–Crippen MR) is 72.6 cm³/mol. The van der Waals surface area contributed by atoms with Crippen molar-refractivity contribution < 1.29 is 14.2 Å². The average Bonchev–Trinajstić information content (AvgIpc) is 2.91. The molecule has 5 heteroatoms. The van der Waals surface area contributed by atoms with Gasteiger partial charge in [0.05, 0.1) is 32.0 Å². The second-order valence-corrected chi connectivity index (χ2v) is 4.60. The molecule has 1 aliphatic rings. The van der Waals surface area contributed by atoms with E-state index in [0.29, 0.717) is 24.5 Å². The molecule has 0 spiro atoms. The zero-order valence-electron chi connectivity index (χ0n) is 11.1. The molecule has 0 bridgehead atoms. The molecule has 1 atom stereocenters. The third kappa shape index (κ3) is 3.68. The second kappa shape index (κ2) is 6.54. The molecule has 0 amide bonds. The Balaban J connectivity index is 1.92. The monoisotopic (exact) mass is 264 g/mol. The molecular formula is C14H20N2O3. The maximum absolute atomic E-state index is 7.53. The van der Waals surface area contributed by atoms with Gasteiger partial charge in [-0.15, -0.1) is 0 Å². The van der Waals surface area contributed by atoms with Crippen molar-refractivity contribution in [1.82, 2.24) is 0 Å². The zero-order chi connectivity index (χ0) is 13.7. The number of hydrogen-bond acceptors (Lipinski definition) is 4. The highest BCUT2D eigenvalue weighted by Gasteiger charge is 2.15. The number of nitrogens with one attached hydrogen (secondary N) is 1. The molecule has 1 unspecified atom stereocenters. The van der Waals surface area contributed by atoms with Crippen molar-refractivity contribution in [2.24, 2.45) is 5.73 Å². The van der Waals surface area contributed by atoms with E-state index in [4.69, 9.17) is 25.4 Å². The molecule has 1 aromatic rings. The quantitative estimate of drug-likeness (QED) is 0.605. The van der Waals surface area contributed by atoms with Gasteiger partial charge in [0.2, 0.25) is 0 Å². The Bertz CT molecular complexity index is 442. The Morgan fingerprint density at radius 1 is 1.53 bits per heavy atom. The normalized spacial score (nSPS) is 18.5. The Labute approximate surface area is 113 Å². The van der Waals surface area contributed by atoms with Crippen LogP contribution in [0.5, 0.6) is 5.75 Å². The van der Waals surface area contributed by atoms with E-state index in [1.54, 1.807) is 7.11 Å². The molecule has 0 aromatic heterocycles. The number of nitrogens with two attached hydrogens (primary N) is 1. The average molecular weight is 264 g/mol. The van der Waals surface area contributed by atoms with Gasteiger partial charge in [-0.25, -0.2) is 0 Å². The summed E-state index contributed by atoms with van der Waals surface area (Å²) in [6, 6.07) is 5.55. The van der Waals surface area contributed by atoms with Crippen LogP contribution in [0.1, 0.15) is 24.0 Å². The van der Waals surface area contributed by atoms with Crippen molar-refractivity contribution in [2.75, 3.05) is 20.3 Å². The standard InChI is InChI=1S/C14H20N2O3/c1-17-13-5-4-10(7-12(13)14(15)16)8-18-9-11-3-2-6-19-11/h4-5,7,11H,2-3,6,8-9H2,1H3,(H3,15,16). The number of methoxy groups -OCH3 is 1. The smallest absolute Gasteiger partial charge is 0.129 e. The maximum atomic E-state index is 7.53. The third-order valence-corrected chi connectivity index (χ3v) is 3.15. The summed E-state index contributed by atoms with van der Waals surface area (Å²) >= 11 is 0. The van der Waals surface area contributed by atoms with Crippen LogP contribution in [0.4, 0.5) is 0 Å². The topological polar surface area (TPSA) is 77.6 Å². The summed E-state index contributed by atoms with van der Waals surface area (Å²) in [6.45, 7) is 1.94. The highest BCUT2D eigenvalue weighted by molar-refractivity contribution is 5.97. The second-order valence-electron chi connectivity index (χ2n) is 4.60. The number of amidine groups is 1. The predicted octanol–water partition coefficient (Wildman–Crippen LogP) is 1.67. The van der Waals surface area contributed by atoms with Crippen molar-refractivity contribution in [3.8, 4) is 5.75 Å². The van der Waals surface area contributed by atoms with Gasteiger partial charge >= 0.3 is 0 Å². The minimum atomic E-state index is -0.00201. The summed E-state index contributed by atoms with van der Waals surface area (Å²) in [6.07, 6.45) is 2.41. The Kier molecular flexibility index (Phi) is 4.76. The molecule has 1 aliphatic heterocycles. The van der Waals surface area contributed by atoms with Crippen molar-refractivity contribution in [2.45, 2.75) is 25.6 Å². The first-order chi connectivity index (χ1) is 9.20. The van der Waals surface area contributed by atoms with Crippen LogP contribution < -0.4 is 10.5 Å². The first-order valence-electron chi connectivity index (χ1n) is 6.41. The van der Waals surface area contributed by atoms with Crippen LogP contribution in [-0.2, 0) is 16.1 Å². The van der Waals surface area contributed by atoms with Gasteiger partial charge in [0.15, 0.2) is 0 Å². The number of rotatable bonds is 6. The van der Waals surface area contributed by atoms with E-state index < -0.39 is 0 Å². The molecule has 0 radical (unpaired) electrons. The lowest BCUT2D eigenvalue weighted by Gasteiger charge is -2.12. The van der Waals surface area contributed by atoms with E-state index in [2.05, 4.69) is 0 Å². The molecule has 5 nitrogen and oxygen atoms in total. The van der Waals surface area contributed by atoms with Gasteiger partial charge < -0.3 is 19.9 Å². The Morgan fingerprint density at radius 3 is 3.00 bits per heavy atom. The molecule has 1 saturated heterocycles. The van der Waals surface area contributed by atoms with Crippen LogP contribution in [0.25, 0.3) is 0 Å². The van der Waals surface area contributed by atoms with E-state index in [-0.39, 0.29) is 11.9 Å². The molecule has 1 heterocycles. The van der Waals surface area contributed by atoms with Crippen molar-refractivity contribution in [3.63, 3.8) is 0 Å². The molecule has 3 N–H and O–H groups in total. The van der Waals surface area contributed by atoms with Gasteiger partial charge in [-0.2, -0.15) is 0 Å².